The molecule has 2 atom stereocenters. The summed E-state index contributed by atoms with van der Waals surface area (Å²) in [7, 11) is 0. The molecule has 2 saturated carbocycles. The molecule has 1 saturated heterocycles. The molecule has 0 radical (unpaired) electrons. The summed E-state index contributed by atoms with van der Waals surface area (Å²) in [6.07, 6.45) is 14.2. The minimum Gasteiger partial charge on any atom is -0.487 e. The van der Waals surface area contributed by atoms with Crippen LogP contribution in [-0.2, 0) is 50.2 Å². The summed E-state index contributed by atoms with van der Waals surface area (Å²) in [5, 5.41) is 3.36. The second kappa shape index (κ2) is 28.5. The van der Waals surface area contributed by atoms with E-state index in [4.69, 9.17) is 29.8 Å². The molecule has 3 N–H and O–H groups in total. The molecule has 4 heterocycles. The van der Waals surface area contributed by atoms with Crippen molar-refractivity contribution < 1.29 is 33.4 Å². The van der Waals surface area contributed by atoms with Gasteiger partial charge in [-0.3, -0.25) is 19.6 Å². The van der Waals surface area contributed by atoms with Crippen molar-refractivity contribution in [1.82, 2.24) is 19.5 Å². The number of ether oxygens (including phenoxy) is 3. The van der Waals surface area contributed by atoms with E-state index in [1.165, 1.54) is 49.1 Å². The van der Waals surface area contributed by atoms with Crippen LogP contribution in [0, 0.1) is 25.7 Å². The zero-order chi connectivity index (χ0) is 50.1. The number of imidazole rings is 1. The Balaban J connectivity index is 0.000000213. The molecule has 384 valence electrons. The maximum atomic E-state index is 11.0. The largest absolute Gasteiger partial charge is 0.487 e. The monoisotopic (exact) mass is 1120 g/mol. The SMILES string of the molecule is C.C.Cc1ccc(COc2ccc(N)c(NCc3ccc(Br)cc3)c2)nc1.Cc1ccc(COc2ccc3nc(C4CCCCC4)n(Cc4ccc(Br)cc4)c3c2)nc1.O=C1OC(=O)[C@@H]2CCCC[C@H]12.O=C=O. The molecule has 15 heteroatoms. The fraction of sp³-hybridized carbons (Fsp3) is 0.345. The van der Waals surface area contributed by atoms with Gasteiger partial charge in [0.25, 0.3) is 0 Å². The second-order valence-electron chi connectivity index (χ2n) is 17.9. The van der Waals surface area contributed by atoms with Crippen LogP contribution in [0.25, 0.3) is 11.0 Å². The molecule has 0 unspecified atom stereocenters. The standard InChI is InChI=1S/C27H28BrN3O.C20H20BrN3O.C8H10O3.CO2.2CH4/c1-19-7-12-23(29-16-19)18-32-24-13-14-25-26(15-24)31(17-20-8-10-22(28)11-9-20)27(30-25)21-5-3-2-4-6-21;1-14-2-7-17(23-11-14)13-25-18-8-9-19(22)20(10-18)24-12-15-3-5-16(21)6-4-15;9-7-5-3-1-2-4-6(5)8(10)11-7;2-1-3;;/h7-16,21H,2-6,17-18H2,1H3;2-11,24H,12-13,22H2,1H3;5-6H,1-4H2;;2*1H4/t;;5-,6+;;;. The van der Waals surface area contributed by atoms with E-state index in [1.54, 1.807) is 0 Å². The second-order valence-corrected chi connectivity index (χ2v) is 19.8. The van der Waals surface area contributed by atoms with Crippen LogP contribution in [0.1, 0.15) is 118 Å². The number of carbonyl (C=O) groups is 2. The van der Waals surface area contributed by atoms with Gasteiger partial charge in [-0.15, -0.1) is 0 Å². The van der Waals surface area contributed by atoms with Crippen LogP contribution in [0.2, 0.25) is 0 Å². The number of nitrogens with two attached hydrogens (primary N) is 1. The predicted octanol–water partition coefficient (Wildman–Crippen LogP) is 13.7. The van der Waals surface area contributed by atoms with E-state index in [1.807, 2.05) is 80.8 Å². The van der Waals surface area contributed by atoms with E-state index in [0.29, 0.717) is 31.4 Å². The number of hydrogen-bond donors (Lipinski definition) is 2. The van der Waals surface area contributed by atoms with Gasteiger partial charge in [0.05, 0.1) is 45.6 Å². The lowest BCUT2D eigenvalue weighted by atomic mass is 9.81. The van der Waals surface area contributed by atoms with Crippen molar-refractivity contribution in [3.63, 3.8) is 0 Å². The Morgan fingerprint density at radius 1 is 0.671 bits per heavy atom. The first-order valence-electron chi connectivity index (χ1n) is 23.9. The Morgan fingerprint density at radius 2 is 1.18 bits per heavy atom. The highest BCUT2D eigenvalue weighted by atomic mass is 79.9. The third kappa shape index (κ3) is 16.7. The number of anilines is 2. The Morgan fingerprint density at radius 3 is 1.71 bits per heavy atom. The van der Waals surface area contributed by atoms with Gasteiger partial charge in [0.1, 0.15) is 30.5 Å². The van der Waals surface area contributed by atoms with E-state index in [2.05, 4.69) is 111 Å². The zero-order valence-corrected chi connectivity index (χ0v) is 43.1. The number of esters is 2. The van der Waals surface area contributed by atoms with Gasteiger partial charge in [-0.1, -0.05) is 115 Å². The van der Waals surface area contributed by atoms with Gasteiger partial charge in [0.2, 0.25) is 0 Å². The summed E-state index contributed by atoms with van der Waals surface area (Å²) in [6, 6.07) is 36.8. The average molecular weight is 1120 g/mol. The number of halogens is 2. The molecule has 3 aromatic heterocycles. The number of carbonyl (C=O) groups excluding carboxylic acids is 4. The van der Waals surface area contributed by atoms with Crippen molar-refractivity contribution in [2.45, 2.75) is 119 Å². The van der Waals surface area contributed by atoms with E-state index in [-0.39, 0.29) is 44.8 Å². The number of fused-ring (bicyclic) bond motifs is 2. The third-order valence-electron chi connectivity index (χ3n) is 12.7. The number of benzene rings is 4. The van der Waals surface area contributed by atoms with Crippen LogP contribution in [-0.4, -0.2) is 37.6 Å². The minimum atomic E-state index is -0.292. The number of aryl methyl sites for hydroxylation is 2. The molecule has 4 aromatic carbocycles. The first kappa shape index (κ1) is 57.2. The van der Waals surface area contributed by atoms with E-state index in [0.717, 1.165) is 91.9 Å². The summed E-state index contributed by atoms with van der Waals surface area (Å²) in [5.41, 5.74) is 16.4. The topological polar surface area (TPSA) is 178 Å². The smallest absolute Gasteiger partial charge is 0.373 e. The van der Waals surface area contributed by atoms with Crippen LogP contribution in [0.3, 0.4) is 0 Å². The highest BCUT2D eigenvalue weighted by Crippen LogP contribution is 2.37. The van der Waals surface area contributed by atoms with Crippen molar-refractivity contribution in [3.8, 4) is 11.5 Å². The van der Waals surface area contributed by atoms with Crippen LogP contribution in [0.15, 0.2) is 131 Å². The molecule has 0 bridgehead atoms. The zero-order valence-electron chi connectivity index (χ0n) is 40.0. The summed E-state index contributed by atoms with van der Waals surface area (Å²) < 4.78 is 21.0. The van der Waals surface area contributed by atoms with E-state index >= 15 is 0 Å². The fourth-order valence-corrected chi connectivity index (χ4v) is 9.36. The molecule has 13 nitrogen and oxygen atoms in total. The van der Waals surface area contributed by atoms with Gasteiger partial charge in [-0.2, -0.15) is 9.59 Å². The molecule has 2 aliphatic carbocycles. The van der Waals surface area contributed by atoms with Gasteiger partial charge in [0.15, 0.2) is 0 Å². The summed E-state index contributed by atoms with van der Waals surface area (Å²) >= 11 is 6.99. The molecule has 73 heavy (non-hydrogen) atoms. The molecule has 7 aromatic rings. The normalized spacial score (nSPS) is 15.7. The molecule has 1 aliphatic heterocycles. The fourth-order valence-electron chi connectivity index (χ4n) is 8.83. The lowest BCUT2D eigenvalue weighted by molar-refractivity contribution is -0.191. The van der Waals surface area contributed by atoms with E-state index < -0.39 is 0 Å². The third-order valence-corrected chi connectivity index (χ3v) is 13.7. The summed E-state index contributed by atoms with van der Waals surface area (Å²) in [5.74, 6) is 2.58. The first-order valence-corrected chi connectivity index (χ1v) is 25.5. The van der Waals surface area contributed by atoms with Crippen LogP contribution in [0.5, 0.6) is 11.5 Å². The first-order chi connectivity index (χ1) is 34.5. The predicted molar refractivity (Wildman–Crippen MR) is 293 cm³/mol. The Bertz CT molecular complexity index is 2860. The number of hydrogen-bond acceptors (Lipinski definition) is 12. The number of nitrogens with one attached hydrogen (secondary N) is 1. The molecule has 3 fully saturated rings. The van der Waals surface area contributed by atoms with Gasteiger partial charge in [0, 0.05) is 52.5 Å². The number of aromatic nitrogens is 4. The Labute approximate surface area is 445 Å². The lowest BCUT2D eigenvalue weighted by Gasteiger charge is -2.22. The Hall–Kier alpha value is -6.67. The van der Waals surface area contributed by atoms with Crippen LogP contribution >= 0.6 is 31.9 Å². The average Bonchev–Trinajstić information content (AvgIpc) is 3.90. The van der Waals surface area contributed by atoms with Crippen molar-refractivity contribution in [3.05, 3.63) is 170 Å². The van der Waals surface area contributed by atoms with Gasteiger partial charge >= 0.3 is 18.1 Å². The quantitative estimate of drug-likeness (QED) is 0.0673. The molecule has 3 aliphatic rings. The van der Waals surface area contributed by atoms with Gasteiger partial charge < -0.3 is 29.8 Å². The highest BCUT2D eigenvalue weighted by Gasteiger charge is 2.45. The molecule has 0 amide bonds. The number of rotatable bonds is 12. The molecular formula is C58H66Br2N6O7. The van der Waals surface area contributed by atoms with Crippen molar-refractivity contribution in [2.24, 2.45) is 11.8 Å². The van der Waals surface area contributed by atoms with Crippen LogP contribution in [0.4, 0.5) is 11.4 Å². The molecular weight excluding hydrogens is 1050 g/mol. The Kier molecular flexibility index (Phi) is 22.4. The van der Waals surface area contributed by atoms with Crippen LogP contribution < -0.4 is 20.5 Å². The van der Waals surface area contributed by atoms with Crippen molar-refractivity contribution >= 4 is 72.4 Å². The maximum Gasteiger partial charge on any atom is 0.373 e. The van der Waals surface area contributed by atoms with Gasteiger partial charge in [-0.25, -0.2) is 4.98 Å². The summed E-state index contributed by atoms with van der Waals surface area (Å²) in [6.45, 7) is 6.46. The van der Waals surface area contributed by atoms with E-state index in [9.17, 15) is 9.59 Å². The number of pyridine rings is 2. The minimum absolute atomic E-state index is 0. The number of nitrogens with zero attached hydrogens (tertiary/aromatic N) is 4. The highest BCUT2D eigenvalue weighted by molar-refractivity contribution is 9.10. The van der Waals surface area contributed by atoms with Crippen molar-refractivity contribution in [1.29, 1.82) is 0 Å². The molecule has 10 rings (SSSR count). The maximum absolute atomic E-state index is 11.0. The number of cyclic esters (lactones) is 2. The molecule has 0 spiro atoms. The number of nitrogen functional groups attached to an aromatic ring is 1. The van der Waals surface area contributed by atoms with Crippen molar-refractivity contribution in [2.75, 3.05) is 11.1 Å². The lowest BCUT2D eigenvalue weighted by Crippen LogP contribution is -2.21. The summed E-state index contributed by atoms with van der Waals surface area (Å²) in [4.78, 5) is 52.1. The van der Waals surface area contributed by atoms with Gasteiger partial charge in [-0.05, 0) is 122 Å².